The lowest BCUT2D eigenvalue weighted by molar-refractivity contribution is 0.102. The van der Waals surface area contributed by atoms with Crippen molar-refractivity contribution in [2.45, 2.75) is 34.6 Å². The quantitative estimate of drug-likeness (QED) is 0.686. The van der Waals surface area contributed by atoms with Crippen LogP contribution in [0.3, 0.4) is 0 Å². The maximum absolute atomic E-state index is 12.8. The van der Waals surface area contributed by atoms with E-state index >= 15 is 0 Å². The van der Waals surface area contributed by atoms with Crippen molar-refractivity contribution >= 4 is 23.2 Å². The number of hydrogen-bond donors (Lipinski definition) is 2. The smallest absolute Gasteiger partial charge is 0.274 e. The third-order valence-corrected chi connectivity index (χ3v) is 4.28. The van der Waals surface area contributed by atoms with E-state index in [0.29, 0.717) is 11.6 Å². The molecule has 138 valence electrons. The number of aromatic nitrogens is 2. The lowest BCUT2D eigenvalue weighted by Crippen LogP contribution is -2.17. The van der Waals surface area contributed by atoms with Crippen molar-refractivity contribution in [3.8, 4) is 0 Å². The minimum Gasteiger partial charge on any atom is -0.324 e. The SMILES string of the molecule is Cc1cccc(Nc2nc(C)cc(C(=O)Nc3c(C)cc(C)cc3C)n2)c1. The molecule has 0 aliphatic rings. The Kier molecular flexibility index (Phi) is 5.21. The molecular weight excluding hydrogens is 336 g/mol. The second kappa shape index (κ2) is 7.58. The molecule has 0 saturated carbocycles. The first kappa shape index (κ1) is 18.6. The Hall–Kier alpha value is -3.21. The van der Waals surface area contributed by atoms with Crippen LogP contribution >= 0.6 is 0 Å². The number of aryl methyl sites for hydroxylation is 5. The van der Waals surface area contributed by atoms with Gasteiger partial charge in [-0.2, -0.15) is 0 Å². The van der Waals surface area contributed by atoms with Crippen molar-refractivity contribution in [3.05, 3.63) is 76.1 Å². The molecule has 1 amide bonds. The van der Waals surface area contributed by atoms with E-state index in [1.54, 1.807) is 6.07 Å². The highest BCUT2D eigenvalue weighted by Crippen LogP contribution is 2.23. The molecule has 1 aromatic heterocycles. The first-order valence-corrected chi connectivity index (χ1v) is 8.90. The van der Waals surface area contributed by atoms with E-state index in [0.717, 1.165) is 33.8 Å². The molecule has 0 aliphatic heterocycles. The summed E-state index contributed by atoms with van der Waals surface area (Å²) in [4.78, 5) is 21.6. The van der Waals surface area contributed by atoms with Crippen LogP contribution in [-0.2, 0) is 0 Å². The standard InChI is InChI=1S/C22H24N4O/c1-13-7-6-8-18(11-13)24-22-23-17(5)12-19(25-22)21(27)26-20-15(3)9-14(2)10-16(20)4/h6-12H,1-5H3,(H,26,27)(H,23,24,25). The maximum atomic E-state index is 12.8. The highest BCUT2D eigenvalue weighted by Gasteiger charge is 2.14. The van der Waals surface area contributed by atoms with Gasteiger partial charge in [0.15, 0.2) is 0 Å². The van der Waals surface area contributed by atoms with Crippen LogP contribution < -0.4 is 10.6 Å². The number of anilines is 3. The van der Waals surface area contributed by atoms with Crippen LogP contribution in [-0.4, -0.2) is 15.9 Å². The zero-order valence-electron chi connectivity index (χ0n) is 16.3. The summed E-state index contributed by atoms with van der Waals surface area (Å²) < 4.78 is 0. The van der Waals surface area contributed by atoms with Gasteiger partial charge >= 0.3 is 0 Å². The summed E-state index contributed by atoms with van der Waals surface area (Å²) in [6.07, 6.45) is 0. The Morgan fingerprint density at radius 1 is 0.852 bits per heavy atom. The van der Waals surface area contributed by atoms with Gasteiger partial charge in [0.05, 0.1) is 0 Å². The third kappa shape index (κ3) is 4.50. The van der Waals surface area contributed by atoms with Crippen molar-refractivity contribution in [2.24, 2.45) is 0 Å². The number of hydrogen-bond acceptors (Lipinski definition) is 4. The van der Waals surface area contributed by atoms with Gasteiger partial charge < -0.3 is 10.6 Å². The van der Waals surface area contributed by atoms with Gasteiger partial charge in [0, 0.05) is 17.1 Å². The van der Waals surface area contributed by atoms with Crippen molar-refractivity contribution in [2.75, 3.05) is 10.6 Å². The molecule has 5 heteroatoms. The molecule has 0 unspecified atom stereocenters. The maximum Gasteiger partial charge on any atom is 0.274 e. The summed E-state index contributed by atoms with van der Waals surface area (Å²) in [5.41, 5.74) is 7.14. The van der Waals surface area contributed by atoms with E-state index in [4.69, 9.17) is 0 Å². The largest absolute Gasteiger partial charge is 0.324 e. The van der Waals surface area contributed by atoms with Crippen LogP contribution in [0, 0.1) is 34.6 Å². The third-order valence-electron chi connectivity index (χ3n) is 4.28. The molecule has 3 rings (SSSR count). The monoisotopic (exact) mass is 360 g/mol. The van der Waals surface area contributed by atoms with Crippen molar-refractivity contribution < 1.29 is 4.79 Å². The van der Waals surface area contributed by atoms with Crippen LogP contribution in [0.5, 0.6) is 0 Å². The molecule has 2 N–H and O–H groups in total. The average Bonchev–Trinajstić information content (AvgIpc) is 2.57. The topological polar surface area (TPSA) is 66.9 Å². The summed E-state index contributed by atoms with van der Waals surface area (Å²) in [6.45, 7) is 9.90. The van der Waals surface area contributed by atoms with Crippen molar-refractivity contribution in [1.82, 2.24) is 9.97 Å². The van der Waals surface area contributed by atoms with Crippen LogP contribution in [0.4, 0.5) is 17.3 Å². The zero-order valence-corrected chi connectivity index (χ0v) is 16.3. The van der Waals surface area contributed by atoms with E-state index in [1.165, 1.54) is 5.56 Å². The van der Waals surface area contributed by atoms with Gasteiger partial charge in [0.25, 0.3) is 5.91 Å². The normalized spacial score (nSPS) is 10.6. The number of rotatable bonds is 4. The van der Waals surface area contributed by atoms with Gasteiger partial charge in [-0.15, -0.1) is 0 Å². The van der Waals surface area contributed by atoms with Gasteiger partial charge in [-0.1, -0.05) is 29.8 Å². The number of carbonyl (C=O) groups is 1. The Morgan fingerprint density at radius 3 is 2.22 bits per heavy atom. The number of carbonyl (C=O) groups excluding carboxylic acids is 1. The summed E-state index contributed by atoms with van der Waals surface area (Å²) >= 11 is 0. The summed E-state index contributed by atoms with van der Waals surface area (Å²) in [5, 5.41) is 6.17. The van der Waals surface area contributed by atoms with Crippen LogP contribution in [0.25, 0.3) is 0 Å². The van der Waals surface area contributed by atoms with E-state index in [9.17, 15) is 4.79 Å². The molecule has 0 aliphatic carbocycles. The van der Waals surface area contributed by atoms with Gasteiger partial charge in [0.1, 0.15) is 5.69 Å². The summed E-state index contributed by atoms with van der Waals surface area (Å²) in [7, 11) is 0. The number of nitrogens with one attached hydrogen (secondary N) is 2. The number of nitrogens with zero attached hydrogens (tertiary/aromatic N) is 2. The number of benzene rings is 2. The molecule has 1 heterocycles. The minimum atomic E-state index is -0.247. The van der Waals surface area contributed by atoms with Crippen LogP contribution in [0.1, 0.15) is 38.4 Å². The molecule has 0 spiro atoms. The first-order chi connectivity index (χ1) is 12.8. The predicted molar refractivity (Wildman–Crippen MR) is 110 cm³/mol. The Morgan fingerprint density at radius 2 is 1.56 bits per heavy atom. The molecule has 5 nitrogen and oxygen atoms in total. The zero-order chi connectivity index (χ0) is 19.6. The molecular formula is C22H24N4O. The second-order valence-electron chi connectivity index (χ2n) is 6.94. The highest BCUT2D eigenvalue weighted by atomic mass is 16.1. The fraction of sp³-hybridized carbons (Fsp3) is 0.227. The van der Waals surface area contributed by atoms with Gasteiger partial charge in [-0.05, 0) is 69.5 Å². The summed E-state index contributed by atoms with van der Waals surface area (Å²) in [6, 6.07) is 13.7. The molecule has 0 fully saturated rings. The molecule has 0 radical (unpaired) electrons. The molecule has 2 aromatic carbocycles. The average molecular weight is 360 g/mol. The first-order valence-electron chi connectivity index (χ1n) is 8.90. The molecule has 27 heavy (non-hydrogen) atoms. The summed E-state index contributed by atoms with van der Waals surface area (Å²) in [5.74, 6) is 0.158. The van der Waals surface area contributed by atoms with Gasteiger partial charge in [0.2, 0.25) is 5.95 Å². The predicted octanol–water partition coefficient (Wildman–Crippen LogP) is 5.01. The van der Waals surface area contributed by atoms with E-state index < -0.39 is 0 Å². The lowest BCUT2D eigenvalue weighted by atomic mass is 10.0. The van der Waals surface area contributed by atoms with Crippen molar-refractivity contribution in [3.63, 3.8) is 0 Å². The fourth-order valence-corrected chi connectivity index (χ4v) is 3.15. The number of amides is 1. The Labute approximate surface area is 159 Å². The highest BCUT2D eigenvalue weighted by molar-refractivity contribution is 6.04. The minimum absolute atomic E-state index is 0.247. The lowest BCUT2D eigenvalue weighted by Gasteiger charge is -2.13. The van der Waals surface area contributed by atoms with Gasteiger partial charge in [-0.25, -0.2) is 9.97 Å². The molecule has 0 bridgehead atoms. The Bertz CT molecular complexity index is 988. The van der Waals surface area contributed by atoms with Crippen molar-refractivity contribution in [1.29, 1.82) is 0 Å². The van der Waals surface area contributed by atoms with E-state index in [2.05, 4.69) is 32.7 Å². The van der Waals surface area contributed by atoms with E-state index in [1.807, 2.05) is 58.9 Å². The molecule has 0 saturated heterocycles. The molecule has 3 aromatic rings. The second-order valence-corrected chi connectivity index (χ2v) is 6.94. The van der Waals surface area contributed by atoms with E-state index in [-0.39, 0.29) is 5.91 Å². The van der Waals surface area contributed by atoms with Crippen LogP contribution in [0.15, 0.2) is 42.5 Å². The van der Waals surface area contributed by atoms with Crippen LogP contribution in [0.2, 0.25) is 0 Å². The Balaban J connectivity index is 1.86. The van der Waals surface area contributed by atoms with Gasteiger partial charge in [-0.3, -0.25) is 4.79 Å². The fourth-order valence-electron chi connectivity index (χ4n) is 3.15. The molecule has 0 atom stereocenters.